The quantitative estimate of drug-likeness (QED) is 0.589. The Morgan fingerprint density at radius 1 is 1.04 bits per heavy atom. The van der Waals surface area contributed by atoms with Gasteiger partial charge in [0.15, 0.2) is 0 Å². The Balaban J connectivity index is 1.75. The number of amides is 1. The lowest BCUT2D eigenvalue weighted by Crippen LogP contribution is -2.10. The van der Waals surface area contributed by atoms with E-state index in [2.05, 4.69) is 21.7 Å². The van der Waals surface area contributed by atoms with Crippen LogP contribution in [-0.4, -0.2) is 20.4 Å². The summed E-state index contributed by atoms with van der Waals surface area (Å²) in [5.41, 5.74) is 9.78. The number of aromatic nitrogens is 3. The fourth-order valence-corrected chi connectivity index (χ4v) is 4.18. The summed E-state index contributed by atoms with van der Waals surface area (Å²) in [5, 5.41) is 1.10. The molecule has 0 unspecified atom stereocenters. The Labute approximate surface area is 156 Å². The van der Waals surface area contributed by atoms with E-state index < -0.39 is 5.91 Å². The average molecular weight is 356 g/mol. The van der Waals surface area contributed by atoms with Crippen molar-refractivity contribution >= 4 is 27.8 Å². The average Bonchev–Trinajstić information content (AvgIpc) is 3.34. The summed E-state index contributed by atoms with van der Waals surface area (Å²) >= 11 is 0. The smallest absolute Gasteiger partial charge is 0.248 e. The minimum atomic E-state index is -0.429. The normalized spacial score (nSPS) is 15.0. The zero-order valence-corrected chi connectivity index (χ0v) is 14.9. The number of rotatable bonds is 3. The number of carbonyl (C=O) groups is 1. The molecule has 1 saturated carbocycles. The highest BCUT2D eigenvalue weighted by atomic mass is 16.1. The van der Waals surface area contributed by atoms with E-state index in [1.54, 1.807) is 12.1 Å². The number of nitrogens with two attached hydrogens (primary N) is 1. The van der Waals surface area contributed by atoms with Crippen LogP contribution in [-0.2, 0) is 0 Å². The van der Waals surface area contributed by atoms with Gasteiger partial charge in [0.25, 0.3) is 0 Å². The van der Waals surface area contributed by atoms with Crippen molar-refractivity contribution in [3.63, 3.8) is 0 Å². The molecule has 5 rings (SSSR count). The van der Waals surface area contributed by atoms with E-state index in [4.69, 9.17) is 10.7 Å². The first-order valence-electron chi connectivity index (χ1n) is 9.38. The molecule has 0 bridgehead atoms. The lowest BCUT2D eigenvalue weighted by Gasteiger charge is -2.16. The second kappa shape index (κ2) is 6.20. The number of nitrogens with zero attached hydrogens (tertiary/aromatic N) is 3. The summed E-state index contributed by atoms with van der Waals surface area (Å²) in [7, 11) is 0. The molecule has 0 atom stereocenters. The molecule has 1 amide bonds. The molecular weight excluding hydrogens is 336 g/mol. The largest absolute Gasteiger partial charge is 0.366 e. The molecule has 1 fully saturated rings. The first-order valence-corrected chi connectivity index (χ1v) is 9.38. The van der Waals surface area contributed by atoms with Crippen molar-refractivity contribution in [1.29, 1.82) is 0 Å². The van der Waals surface area contributed by atoms with Gasteiger partial charge >= 0.3 is 0 Å². The standard InChI is InChI=1S/C22H20N4O/c23-21(27)15-9-10-20-19(12-15)25-22(26(20)17-6-2-3-7-17)16-11-14-5-1-4-8-18(14)24-13-16/h1,4-5,8-13,17H,2-3,6-7H2,(H2,23,27). The topological polar surface area (TPSA) is 73.8 Å². The van der Waals surface area contributed by atoms with Gasteiger partial charge in [0, 0.05) is 28.8 Å². The van der Waals surface area contributed by atoms with Crippen molar-refractivity contribution in [2.24, 2.45) is 5.73 Å². The number of para-hydroxylation sites is 1. The molecule has 134 valence electrons. The van der Waals surface area contributed by atoms with E-state index >= 15 is 0 Å². The Kier molecular flexibility index (Phi) is 3.67. The molecule has 0 saturated heterocycles. The third-order valence-corrected chi connectivity index (χ3v) is 5.51. The molecule has 1 aliphatic rings. The van der Waals surface area contributed by atoms with Crippen LogP contribution in [0, 0.1) is 0 Å². The molecule has 5 nitrogen and oxygen atoms in total. The van der Waals surface area contributed by atoms with Crippen LogP contribution in [0.4, 0.5) is 0 Å². The highest BCUT2D eigenvalue weighted by Gasteiger charge is 2.24. The number of fused-ring (bicyclic) bond motifs is 2. The number of hydrogen-bond acceptors (Lipinski definition) is 3. The van der Waals surface area contributed by atoms with Gasteiger partial charge < -0.3 is 10.3 Å². The number of imidazole rings is 1. The van der Waals surface area contributed by atoms with E-state index in [-0.39, 0.29) is 0 Å². The summed E-state index contributed by atoms with van der Waals surface area (Å²) in [5.74, 6) is 0.484. The maximum atomic E-state index is 11.6. The lowest BCUT2D eigenvalue weighted by atomic mass is 10.1. The maximum Gasteiger partial charge on any atom is 0.248 e. The van der Waals surface area contributed by atoms with Crippen LogP contribution < -0.4 is 5.73 Å². The SMILES string of the molecule is NC(=O)c1ccc2c(c1)nc(-c1cnc3ccccc3c1)n2C1CCCC1. The third-order valence-electron chi connectivity index (χ3n) is 5.51. The highest BCUT2D eigenvalue weighted by molar-refractivity contribution is 5.97. The number of primary amides is 1. The number of benzene rings is 2. The van der Waals surface area contributed by atoms with Crippen LogP contribution in [0.3, 0.4) is 0 Å². The second-order valence-corrected chi connectivity index (χ2v) is 7.23. The predicted octanol–water partition coefficient (Wildman–Crippen LogP) is 4.47. The van der Waals surface area contributed by atoms with E-state index in [0.717, 1.165) is 46.2 Å². The van der Waals surface area contributed by atoms with Crippen LogP contribution in [0.5, 0.6) is 0 Å². The molecule has 0 spiro atoms. The summed E-state index contributed by atoms with van der Waals surface area (Å²) < 4.78 is 2.33. The Morgan fingerprint density at radius 3 is 2.67 bits per heavy atom. The number of hydrogen-bond donors (Lipinski definition) is 1. The molecule has 2 N–H and O–H groups in total. The van der Waals surface area contributed by atoms with Gasteiger partial charge in [-0.25, -0.2) is 4.98 Å². The first kappa shape index (κ1) is 16.0. The maximum absolute atomic E-state index is 11.6. The fourth-order valence-electron chi connectivity index (χ4n) is 4.18. The van der Waals surface area contributed by atoms with Crippen molar-refractivity contribution in [2.75, 3.05) is 0 Å². The Morgan fingerprint density at radius 2 is 1.85 bits per heavy atom. The summed E-state index contributed by atoms with van der Waals surface area (Å²) in [6.45, 7) is 0. The highest BCUT2D eigenvalue weighted by Crippen LogP contribution is 2.37. The van der Waals surface area contributed by atoms with Crippen molar-refractivity contribution in [1.82, 2.24) is 14.5 Å². The van der Waals surface area contributed by atoms with Gasteiger partial charge in [0.05, 0.1) is 16.6 Å². The van der Waals surface area contributed by atoms with E-state index in [1.807, 2.05) is 30.5 Å². The van der Waals surface area contributed by atoms with E-state index in [9.17, 15) is 4.79 Å². The van der Waals surface area contributed by atoms with Crippen LogP contribution >= 0.6 is 0 Å². The van der Waals surface area contributed by atoms with Crippen molar-refractivity contribution in [3.8, 4) is 11.4 Å². The van der Waals surface area contributed by atoms with Crippen molar-refractivity contribution in [3.05, 3.63) is 60.3 Å². The van der Waals surface area contributed by atoms with Gasteiger partial charge in [0.1, 0.15) is 5.82 Å². The Hall–Kier alpha value is -3.21. The second-order valence-electron chi connectivity index (χ2n) is 7.23. The molecule has 2 heterocycles. The van der Waals surface area contributed by atoms with E-state index in [0.29, 0.717) is 11.6 Å². The monoisotopic (exact) mass is 356 g/mol. The Bertz CT molecular complexity index is 1170. The molecule has 2 aromatic heterocycles. The lowest BCUT2D eigenvalue weighted by molar-refractivity contribution is 0.100. The van der Waals surface area contributed by atoms with Crippen LogP contribution in [0.2, 0.25) is 0 Å². The van der Waals surface area contributed by atoms with Crippen LogP contribution in [0.1, 0.15) is 42.1 Å². The first-order chi connectivity index (χ1) is 13.2. The minimum absolute atomic E-state index is 0.427. The molecule has 2 aromatic carbocycles. The fraction of sp³-hybridized carbons (Fsp3) is 0.227. The van der Waals surface area contributed by atoms with Gasteiger partial charge in [-0.15, -0.1) is 0 Å². The summed E-state index contributed by atoms with van der Waals surface area (Å²) in [4.78, 5) is 21.1. The third kappa shape index (κ3) is 2.67. The molecule has 1 aliphatic carbocycles. The minimum Gasteiger partial charge on any atom is -0.366 e. The van der Waals surface area contributed by atoms with Crippen molar-refractivity contribution < 1.29 is 4.79 Å². The summed E-state index contributed by atoms with van der Waals surface area (Å²) in [6.07, 6.45) is 6.66. The molecular formula is C22H20N4O. The number of pyridine rings is 1. The van der Waals surface area contributed by atoms with Gasteiger partial charge in [-0.05, 0) is 43.2 Å². The van der Waals surface area contributed by atoms with Gasteiger partial charge in [-0.2, -0.15) is 0 Å². The number of carbonyl (C=O) groups excluding carboxylic acids is 1. The van der Waals surface area contributed by atoms with E-state index in [1.165, 1.54) is 12.8 Å². The van der Waals surface area contributed by atoms with Gasteiger partial charge in [-0.1, -0.05) is 31.0 Å². The summed E-state index contributed by atoms with van der Waals surface area (Å²) in [6, 6.07) is 16.2. The predicted molar refractivity (Wildman–Crippen MR) is 106 cm³/mol. The van der Waals surface area contributed by atoms with Crippen molar-refractivity contribution in [2.45, 2.75) is 31.7 Å². The van der Waals surface area contributed by atoms with Gasteiger partial charge in [0.2, 0.25) is 5.91 Å². The molecule has 5 heteroatoms. The molecule has 0 aliphatic heterocycles. The zero-order chi connectivity index (χ0) is 18.4. The van der Waals surface area contributed by atoms with Crippen LogP contribution in [0.25, 0.3) is 33.3 Å². The zero-order valence-electron chi connectivity index (χ0n) is 14.9. The van der Waals surface area contributed by atoms with Gasteiger partial charge in [-0.3, -0.25) is 9.78 Å². The molecule has 4 aromatic rings. The molecule has 27 heavy (non-hydrogen) atoms. The molecule has 0 radical (unpaired) electrons. The van der Waals surface area contributed by atoms with Crippen LogP contribution in [0.15, 0.2) is 54.7 Å².